The molecule has 0 saturated carbocycles. The third-order valence-corrected chi connectivity index (χ3v) is 7.73. The Labute approximate surface area is 205 Å². The molecular weight excluding hydrogens is 483 g/mol. The summed E-state index contributed by atoms with van der Waals surface area (Å²) in [4.78, 5) is 28.2. The largest absolute Gasteiger partial charge is 0.331 e. The van der Waals surface area contributed by atoms with Crippen molar-refractivity contribution in [1.29, 1.82) is 0 Å². The molecule has 0 radical (unpaired) electrons. The smallest absolute Gasteiger partial charge is 0.241 e. The molecule has 0 aromatic heterocycles. The maximum atomic E-state index is 13.5. The first-order chi connectivity index (χ1) is 15.6. The van der Waals surface area contributed by atoms with Gasteiger partial charge >= 0.3 is 0 Å². The van der Waals surface area contributed by atoms with E-state index in [4.69, 9.17) is 23.2 Å². The zero-order valence-corrected chi connectivity index (χ0v) is 21.0. The minimum absolute atomic E-state index is 0.0540. The highest BCUT2D eigenvalue weighted by Gasteiger charge is 2.38. The van der Waals surface area contributed by atoms with Crippen molar-refractivity contribution in [3.05, 3.63) is 64.1 Å². The quantitative estimate of drug-likeness (QED) is 0.538. The van der Waals surface area contributed by atoms with Crippen LogP contribution in [0.2, 0.25) is 10.0 Å². The maximum Gasteiger partial charge on any atom is 0.241 e. The molecule has 6 nitrogen and oxygen atoms in total. The Balaban J connectivity index is 1.80. The number of ketones is 1. The highest BCUT2D eigenvalue weighted by Crippen LogP contribution is 2.26. The van der Waals surface area contributed by atoms with Crippen LogP contribution >= 0.6 is 23.2 Å². The fraction of sp³-hybridized carbons (Fsp3) is 0.417. The Kier molecular flexibility index (Phi) is 8.56. The monoisotopic (exact) mass is 510 g/mol. The molecule has 3 rings (SSSR count). The fourth-order valence-corrected chi connectivity index (χ4v) is 5.68. The summed E-state index contributed by atoms with van der Waals surface area (Å²) in [5.74, 6) is -0.449. The van der Waals surface area contributed by atoms with Gasteiger partial charge in [0, 0.05) is 23.0 Å². The molecule has 1 fully saturated rings. The summed E-state index contributed by atoms with van der Waals surface area (Å²) in [6, 6.07) is 11.3. The number of benzene rings is 2. The highest BCUT2D eigenvalue weighted by molar-refractivity contribution is 7.89. The van der Waals surface area contributed by atoms with Crippen molar-refractivity contribution >= 4 is 44.9 Å². The summed E-state index contributed by atoms with van der Waals surface area (Å²) in [6.45, 7) is 4.25. The molecule has 1 aliphatic rings. The molecule has 1 aliphatic heterocycles. The lowest BCUT2D eigenvalue weighted by molar-refractivity contribution is -0.139. The number of halogens is 2. The second-order valence-corrected chi connectivity index (χ2v) is 11.2. The van der Waals surface area contributed by atoms with E-state index in [1.807, 2.05) is 13.8 Å². The summed E-state index contributed by atoms with van der Waals surface area (Å²) in [6.07, 6.45) is 1.58. The van der Waals surface area contributed by atoms with Crippen molar-refractivity contribution in [3.63, 3.8) is 0 Å². The standard InChI is InChI=1S/C24H28Cl2N2O4S/c1-16(2)13-21(27-33(31,32)19-7-4-3-5-8-19)24(30)28-12-6-9-22(28)23(29)15-17-14-18(25)10-11-20(17)26/h3-5,7-8,10-11,14,16,21-22,27H,6,9,12-13,15H2,1-2H3/t21-,22+/m1/s1. The van der Waals surface area contributed by atoms with Gasteiger partial charge in [-0.3, -0.25) is 9.59 Å². The Bertz CT molecular complexity index is 1110. The summed E-state index contributed by atoms with van der Waals surface area (Å²) < 4.78 is 28.4. The zero-order chi connectivity index (χ0) is 24.2. The SMILES string of the molecule is CC(C)C[C@@H](NS(=O)(=O)c1ccccc1)C(=O)N1CCC[C@H]1C(=O)Cc1cc(Cl)ccc1Cl. The second-order valence-electron chi connectivity index (χ2n) is 8.68. The van der Waals surface area contributed by atoms with Crippen molar-refractivity contribution < 1.29 is 18.0 Å². The molecule has 1 heterocycles. The Morgan fingerprint density at radius 3 is 2.48 bits per heavy atom. The van der Waals surface area contributed by atoms with Crippen LogP contribution in [0.1, 0.15) is 38.7 Å². The first-order valence-corrected chi connectivity index (χ1v) is 13.2. The predicted molar refractivity (Wildman–Crippen MR) is 130 cm³/mol. The van der Waals surface area contributed by atoms with E-state index in [1.54, 1.807) is 36.4 Å². The summed E-state index contributed by atoms with van der Waals surface area (Å²) in [5.41, 5.74) is 0.608. The van der Waals surface area contributed by atoms with Gasteiger partial charge in [0.15, 0.2) is 5.78 Å². The number of hydrogen-bond acceptors (Lipinski definition) is 4. The van der Waals surface area contributed by atoms with Crippen molar-refractivity contribution in [3.8, 4) is 0 Å². The third-order valence-electron chi connectivity index (χ3n) is 5.64. The normalized spacial score (nSPS) is 17.4. The second kappa shape index (κ2) is 11.0. The van der Waals surface area contributed by atoms with Crippen LogP contribution in [0.5, 0.6) is 0 Å². The molecule has 1 N–H and O–H groups in total. The fourth-order valence-electron chi connectivity index (χ4n) is 4.08. The number of sulfonamides is 1. The van der Waals surface area contributed by atoms with Gasteiger partial charge in [-0.05, 0) is 61.1 Å². The number of nitrogens with one attached hydrogen (secondary N) is 1. The minimum Gasteiger partial charge on any atom is -0.331 e. The molecule has 1 saturated heterocycles. The van der Waals surface area contributed by atoms with E-state index in [0.29, 0.717) is 41.4 Å². The molecule has 2 aromatic rings. The van der Waals surface area contributed by atoms with Crippen molar-refractivity contribution in [2.24, 2.45) is 5.92 Å². The van der Waals surface area contributed by atoms with Crippen molar-refractivity contribution in [2.75, 3.05) is 6.54 Å². The molecule has 178 valence electrons. The van der Waals surface area contributed by atoms with Crippen molar-refractivity contribution in [1.82, 2.24) is 9.62 Å². The lowest BCUT2D eigenvalue weighted by Crippen LogP contribution is -2.52. The predicted octanol–water partition coefficient (Wildman–Crippen LogP) is 4.49. The number of hydrogen-bond donors (Lipinski definition) is 1. The molecule has 9 heteroatoms. The zero-order valence-electron chi connectivity index (χ0n) is 18.6. The average Bonchev–Trinajstić information content (AvgIpc) is 3.25. The maximum absolute atomic E-state index is 13.5. The van der Waals surface area contributed by atoms with Crippen LogP contribution in [0.25, 0.3) is 0 Å². The molecule has 0 aliphatic carbocycles. The first kappa shape index (κ1) is 25.7. The van der Waals surface area contributed by atoms with Crippen LogP contribution < -0.4 is 4.72 Å². The Morgan fingerprint density at radius 1 is 1.12 bits per heavy atom. The number of nitrogens with zero attached hydrogens (tertiary/aromatic N) is 1. The number of likely N-dealkylation sites (tertiary alicyclic amines) is 1. The molecule has 0 spiro atoms. The van der Waals surface area contributed by atoms with Gasteiger partial charge in [0.05, 0.1) is 10.9 Å². The van der Waals surface area contributed by atoms with E-state index in [2.05, 4.69) is 4.72 Å². The molecule has 0 bridgehead atoms. The van der Waals surface area contributed by atoms with Gasteiger partial charge in [0.1, 0.15) is 6.04 Å². The van der Waals surface area contributed by atoms with Gasteiger partial charge < -0.3 is 4.90 Å². The van der Waals surface area contributed by atoms with Crippen LogP contribution in [-0.4, -0.2) is 43.6 Å². The van der Waals surface area contributed by atoms with Gasteiger partial charge in [-0.1, -0.05) is 55.2 Å². The van der Waals surface area contributed by atoms with Crippen LogP contribution in [-0.2, 0) is 26.0 Å². The summed E-state index contributed by atoms with van der Waals surface area (Å²) >= 11 is 12.3. The van der Waals surface area contributed by atoms with Gasteiger partial charge in [-0.15, -0.1) is 0 Å². The lowest BCUT2D eigenvalue weighted by atomic mass is 10.00. The Morgan fingerprint density at radius 2 is 1.82 bits per heavy atom. The average molecular weight is 511 g/mol. The molecule has 2 atom stereocenters. The number of Topliss-reactive ketones (excluding diaryl/α,β-unsaturated/α-hetero) is 1. The van der Waals surface area contributed by atoms with Crippen LogP contribution in [0.15, 0.2) is 53.4 Å². The summed E-state index contributed by atoms with van der Waals surface area (Å²) in [7, 11) is -3.89. The molecule has 2 aromatic carbocycles. The number of amides is 1. The first-order valence-electron chi connectivity index (χ1n) is 10.9. The number of rotatable bonds is 9. The van der Waals surface area contributed by atoms with E-state index in [0.717, 1.165) is 0 Å². The van der Waals surface area contributed by atoms with Crippen molar-refractivity contribution in [2.45, 2.75) is 56.5 Å². The Hall–Kier alpha value is -1.93. The third kappa shape index (κ3) is 6.57. The topological polar surface area (TPSA) is 83.6 Å². The van der Waals surface area contributed by atoms with E-state index in [1.165, 1.54) is 17.0 Å². The summed E-state index contributed by atoms with van der Waals surface area (Å²) in [5, 5.41) is 0.922. The number of carbonyl (C=O) groups is 2. The van der Waals surface area contributed by atoms with Gasteiger partial charge in [-0.2, -0.15) is 4.72 Å². The molecule has 0 unspecified atom stereocenters. The van der Waals surface area contributed by atoms with Gasteiger partial charge in [-0.25, -0.2) is 8.42 Å². The molecular formula is C24H28Cl2N2O4S. The molecule has 1 amide bonds. The van der Waals surface area contributed by atoms with E-state index >= 15 is 0 Å². The van der Waals surface area contributed by atoms with Gasteiger partial charge in [0.2, 0.25) is 15.9 Å². The van der Waals surface area contributed by atoms with Crippen LogP contribution in [0.3, 0.4) is 0 Å². The van der Waals surface area contributed by atoms with Crippen LogP contribution in [0, 0.1) is 5.92 Å². The highest BCUT2D eigenvalue weighted by atomic mass is 35.5. The van der Waals surface area contributed by atoms with Gasteiger partial charge in [0.25, 0.3) is 0 Å². The number of carbonyl (C=O) groups excluding carboxylic acids is 2. The van der Waals surface area contributed by atoms with E-state index in [-0.39, 0.29) is 28.9 Å². The minimum atomic E-state index is -3.89. The molecule has 33 heavy (non-hydrogen) atoms. The lowest BCUT2D eigenvalue weighted by Gasteiger charge is -2.29. The van der Waals surface area contributed by atoms with Crippen LogP contribution in [0.4, 0.5) is 0 Å². The van der Waals surface area contributed by atoms with E-state index in [9.17, 15) is 18.0 Å². The van der Waals surface area contributed by atoms with E-state index < -0.39 is 22.1 Å².